The molecule has 2 rings (SSSR count). The number of rotatable bonds is 6. The van der Waals surface area contributed by atoms with Crippen molar-refractivity contribution in [1.29, 1.82) is 0 Å². The second-order valence-electron chi connectivity index (χ2n) is 4.25. The van der Waals surface area contributed by atoms with Crippen LogP contribution in [0.3, 0.4) is 0 Å². The number of hydrogen-bond acceptors (Lipinski definition) is 4. The molecule has 2 aromatic rings. The number of nitrogens with zero attached hydrogens (tertiary/aromatic N) is 3. The maximum atomic E-state index is 9.73. The van der Waals surface area contributed by atoms with E-state index < -0.39 is 0 Å². The van der Waals surface area contributed by atoms with Crippen LogP contribution in [0, 0.1) is 0 Å². The summed E-state index contributed by atoms with van der Waals surface area (Å²) in [4.78, 5) is 0. The highest BCUT2D eigenvalue weighted by Crippen LogP contribution is 2.22. The lowest BCUT2D eigenvalue weighted by Gasteiger charge is -2.15. The molecule has 96 valence electrons. The van der Waals surface area contributed by atoms with Crippen molar-refractivity contribution in [3.63, 3.8) is 0 Å². The number of aryl methyl sites for hydroxylation is 1. The summed E-state index contributed by atoms with van der Waals surface area (Å²) in [7, 11) is 0. The molecule has 1 aromatic carbocycles. The monoisotopic (exact) mass is 246 g/mol. The van der Waals surface area contributed by atoms with Crippen molar-refractivity contribution >= 4 is 0 Å². The first-order chi connectivity index (χ1) is 8.77. The highest BCUT2D eigenvalue weighted by molar-refractivity contribution is 5.33. The van der Waals surface area contributed by atoms with E-state index in [-0.39, 0.29) is 6.04 Å². The van der Waals surface area contributed by atoms with Gasteiger partial charge in [0.1, 0.15) is 5.75 Å². The molecule has 18 heavy (non-hydrogen) atoms. The third-order valence-electron chi connectivity index (χ3n) is 2.89. The first-order valence-corrected chi connectivity index (χ1v) is 6.13. The minimum atomic E-state index is 0.141. The number of para-hydroxylation sites is 1. The normalized spacial score (nSPS) is 12.5. The zero-order valence-electron chi connectivity index (χ0n) is 10.5. The van der Waals surface area contributed by atoms with E-state index in [2.05, 4.69) is 15.6 Å². The van der Waals surface area contributed by atoms with Crippen molar-refractivity contribution in [3.8, 4) is 5.75 Å². The number of hydrogen-bond donors (Lipinski definition) is 2. The van der Waals surface area contributed by atoms with Crippen LogP contribution in [0.5, 0.6) is 5.75 Å². The summed E-state index contributed by atoms with van der Waals surface area (Å²) in [5.41, 5.74) is 0.929. The van der Waals surface area contributed by atoms with Crippen molar-refractivity contribution in [3.05, 3.63) is 42.2 Å². The molecular weight excluding hydrogens is 228 g/mol. The smallest absolute Gasteiger partial charge is 0.120 e. The van der Waals surface area contributed by atoms with Gasteiger partial charge < -0.3 is 10.4 Å². The zero-order valence-corrected chi connectivity index (χ0v) is 10.5. The van der Waals surface area contributed by atoms with Crippen molar-refractivity contribution in [1.82, 2.24) is 20.3 Å². The molecule has 5 heteroatoms. The summed E-state index contributed by atoms with van der Waals surface area (Å²) in [6, 6.07) is 7.55. The molecule has 1 atom stereocenters. The van der Waals surface area contributed by atoms with E-state index in [1.807, 2.05) is 36.0 Å². The Morgan fingerprint density at radius 3 is 2.94 bits per heavy atom. The number of phenols is 1. The van der Waals surface area contributed by atoms with Crippen LogP contribution < -0.4 is 5.32 Å². The Hall–Kier alpha value is -1.88. The van der Waals surface area contributed by atoms with Crippen LogP contribution in [0.15, 0.2) is 36.7 Å². The van der Waals surface area contributed by atoms with E-state index in [4.69, 9.17) is 0 Å². The van der Waals surface area contributed by atoms with E-state index in [1.54, 1.807) is 12.3 Å². The highest BCUT2D eigenvalue weighted by Gasteiger charge is 2.08. The Morgan fingerprint density at radius 1 is 1.39 bits per heavy atom. The SMILES string of the molecule is CC(NCCCn1ccnn1)c1ccccc1O. The van der Waals surface area contributed by atoms with Gasteiger partial charge in [0, 0.05) is 24.3 Å². The number of benzene rings is 1. The minimum Gasteiger partial charge on any atom is -0.508 e. The Balaban J connectivity index is 1.75. The fourth-order valence-electron chi connectivity index (χ4n) is 1.88. The molecule has 1 aromatic heterocycles. The Labute approximate surface area is 106 Å². The lowest BCUT2D eigenvalue weighted by atomic mass is 10.1. The van der Waals surface area contributed by atoms with E-state index in [9.17, 15) is 5.11 Å². The van der Waals surface area contributed by atoms with Crippen LogP contribution in [0.25, 0.3) is 0 Å². The molecule has 0 fully saturated rings. The molecule has 0 bridgehead atoms. The van der Waals surface area contributed by atoms with Crippen molar-refractivity contribution < 1.29 is 5.11 Å². The van der Waals surface area contributed by atoms with Gasteiger partial charge in [0.15, 0.2) is 0 Å². The summed E-state index contributed by atoms with van der Waals surface area (Å²) in [5, 5.41) is 20.8. The molecule has 0 aliphatic carbocycles. The second-order valence-corrected chi connectivity index (χ2v) is 4.25. The molecular formula is C13H18N4O. The topological polar surface area (TPSA) is 63.0 Å². The Bertz CT molecular complexity index is 470. The lowest BCUT2D eigenvalue weighted by Crippen LogP contribution is -2.21. The van der Waals surface area contributed by atoms with Crippen LogP contribution in [-0.2, 0) is 6.54 Å². The molecule has 0 amide bonds. The summed E-state index contributed by atoms with van der Waals surface area (Å²) in [6.45, 7) is 3.76. The maximum absolute atomic E-state index is 9.73. The van der Waals surface area contributed by atoms with Crippen LogP contribution in [0.2, 0.25) is 0 Å². The van der Waals surface area contributed by atoms with Crippen molar-refractivity contribution in [2.45, 2.75) is 25.9 Å². The van der Waals surface area contributed by atoms with Gasteiger partial charge in [-0.3, -0.25) is 4.68 Å². The van der Waals surface area contributed by atoms with Gasteiger partial charge in [0.05, 0.1) is 6.20 Å². The lowest BCUT2D eigenvalue weighted by molar-refractivity contribution is 0.447. The average molecular weight is 246 g/mol. The van der Waals surface area contributed by atoms with Gasteiger partial charge >= 0.3 is 0 Å². The molecule has 0 saturated heterocycles. The number of nitrogens with one attached hydrogen (secondary N) is 1. The largest absolute Gasteiger partial charge is 0.508 e. The predicted molar refractivity (Wildman–Crippen MR) is 69.2 cm³/mol. The third kappa shape index (κ3) is 3.30. The first-order valence-electron chi connectivity index (χ1n) is 6.13. The van der Waals surface area contributed by atoms with Gasteiger partial charge in [-0.25, -0.2) is 0 Å². The van der Waals surface area contributed by atoms with E-state index in [0.717, 1.165) is 25.1 Å². The molecule has 1 heterocycles. The van der Waals surface area contributed by atoms with E-state index >= 15 is 0 Å². The molecule has 1 unspecified atom stereocenters. The van der Waals surface area contributed by atoms with Crippen molar-refractivity contribution in [2.75, 3.05) is 6.54 Å². The fraction of sp³-hybridized carbons (Fsp3) is 0.385. The summed E-state index contributed by atoms with van der Waals surface area (Å²) < 4.78 is 1.81. The zero-order chi connectivity index (χ0) is 12.8. The molecule has 5 nitrogen and oxygen atoms in total. The summed E-state index contributed by atoms with van der Waals surface area (Å²) in [6.07, 6.45) is 4.51. The van der Waals surface area contributed by atoms with Crippen molar-refractivity contribution in [2.24, 2.45) is 0 Å². The summed E-state index contributed by atoms with van der Waals surface area (Å²) >= 11 is 0. The minimum absolute atomic E-state index is 0.141. The van der Waals surface area contributed by atoms with Crippen LogP contribution in [0.1, 0.15) is 24.9 Å². The predicted octanol–water partition coefficient (Wildman–Crippen LogP) is 1.72. The second kappa shape index (κ2) is 6.16. The standard InChI is InChI=1S/C13H18N4O/c1-11(12-5-2-3-6-13(12)18)14-7-4-9-17-10-8-15-16-17/h2-3,5-6,8,10-11,14,18H,4,7,9H2,1H3. The molecule has 0 aliphatic rings. The van der Waals surface area contributed by atoms with E-state index in [1.165, 1.54) is 0 Å². The fourth-order valence-corrected chi connectivity index (χ4v) is 1.88. The quantitative estimate of drug-likeness (QED) is 0.762. The average Bonchev–Trinajstić information content (AvgIpc) is 2.88. The van der Waals surface area contributed by atoms with Gasteiger partial charge in [-0.1, -0.05) is 23.4 Å². The summed E-state index contributed by atoms with van der Waals surface area (Å²) in [5.74, 6) is 0.341. The number of aromatic hydroxyl groups is 1. The Morgan fingerprint density at radius 2 is 2.22 bits per heavy atom. The highest BCUT2D eigenvalue weighted by atomic mass is 16.3. The maximum Gasteiger partial charge on any atom is 0.120 e. The molecule has 0 radical (unpaired) electrons. The van der Waals surface area contributed by atoms with Gasteiger partial charge in [0.2, 0.25) is 0 Å². The van der Waals surface area contributed by atoms with Gasteiger partial charge in [-0.05, 0) is 26.0 Å². The Kier molecular flexibility index (Phi) is 4.30. The van der Waals surface area contributed by atoms with E-state index in [0.29, 0.717) is 5.75 Å². The number of phenolic OH excluding ortho intramolecular Hbond substituents is 1. The van der Waals surface area contributed by atoms with Crippen LogP contribution in [-0.4, -0.2) is 26.6 Å². The number of aromatic nitrogens is 3. The molecule has 0 saturated carbocycles. The van der Waals surface area contributed by atoms with Crippen LogP contribution in [0.4, 0.5) is 0 Å². The van der Waals surface area contributed by atoms with Crippen LogP contribution >= 0.6 is 0 Å². The molecule has 0 spiro atoms. The van der Waals surface area contributed by atoms with Gasteiger partial charge in [-0.2, -0.15) is 0 Å². The van der Waals surface area contributed by atoms with Gasteiger partial charge in [0.25, 0.3) is 0 Å². The third-order valence-corrected chi connectivity index (χ3v) is 2.89. The van der Waals surface area contributed by atoms with Gasteiger partial charge in [-0.15, -0.1) is 5.10 Å². The molecule has 0 aliphatic heterocycles. The molecule has 2 N–H and O–H groups in total. The first kappa shape index (κ1) is 12.6.